The molecular weight excluding hydrogens is 579 g/mol. The molecule has 3 unspecified atom stereocenters. The van der Waals surface area contributed by atoms with E-state index in [0.717, 1.165) is 6.07 Å². The highest BCUT2D eigenvalue weighted by atomic mass is 19.4. The van der Waals surface area contributed by atoms with Gasteiger partial charge in [-0.3, -0.25) is 4.79 Å². The number of nitrogen functional groups attached to an aromatic ring is 1. The van der Waals surface area contributed by atoms with Gasteiger partial charge in [-0.15, -0.1) is 13.2 Å². The molecule has 230 valence electrons. The molecule has 2 aromatic heterocycles. The number of hydrogen-bond donors (Lipinski definition) is 2. The number of ether oxygens (including phenoxy) is 3. The van der Waals surface area contributed by atoms with Crippen molar-refractivity contribution in [3.05, 3.63) is 35.0 Å². The summed E-state index contributed by atoms with van der Waals surface area (Å²) < 4.78 is 86.7. The van der Waals surface area contributed by atoms with Crippen molar-refractivity contribution in [3.63, 3.8) is 0 Å². The Morgan fingerprint density at radius 2 is 1.86 bits per heavy atom. The van der Waals surface area contributed by atoms with Crippen LogP contribution in [0.25, 0.3) is 22.0 Å². The van der Waals surface area contributed by atoms with Gasteiger partial charge in [0.15, 0.2) is 17.4 Å². The third kappa shape index (κ3) is 5.13. The molecule has 10 nitrogen and oxygen atoms in total. The van der Waals surface area contributed by atoms with Crippen molar-refractivity contribution in [2.75, 3.05) is 50.0 Å². The molecule has 5 heterocycles. The van der Waals surface area contributed by atoms with Gasteiger partial charge in [-0.25, -0.2) is 18.7 Å². The van der Waals surface area contributed by atoms with Gasteiger partial charge in [-0.05, 0) is 32.4 Å². The molecule has 43 heavy (non-hydrogen) atoms. The van der Waals surface area contributed by atoms with Crippen molar-refractivity contribution >= 4 is 28.2 Å². The first kappa shape index (κ1) is 29.1. The number of halogens is 5. The molecular formula is C28H29F5N6O4. The van der Waals surface area contributed by atoms with Crippen LogP contribution in [0.3, 0.4) is 0 Å². The smallest absolute Gasteiger partial charge is 0.472 e. The number of nitrogens with two attached hydrogens (primary N) is 1. The van der Waals surface area contributed by atoms with Crippen LogP contribution in [0.2, 0.25) is 0 Å². The average molecular weight is 609 g/mol. The maximum atomic E-state index is 16.5. The Morgan fingerprint density at radius 1 is 1.14 bits per heavy atom. The topological polar surface area (TPSA) is 115 Å². The Hall–Kier alpha value is -3.98. The van der Waals surface area contributed by atoms with Gasteiger partial charge in [0.25, 0.3) is 0 Å². The van der Waals surface area contributed by atoms with Crippen LogP contribution >= 0.6 is 0 Å². The Balaban J connectivity index is 1.52. The number of morpholine rings is 1. The normalized spacial score (nSPS) is 22.2. The minimum Gasteiger partial charge on any atom is -0.472 e. The van der Waals surface area contributed by atoms with Gasteiger partial charge in [0.2, 0.25) is 11.8 Å². The zero-order valence-electron chi connectivity index (χ0n) is 23.5. The molecule has 3 aliphatic rings. The molecule has 15 heteroatoms. The maximum Gasteiger partial charge on any atom is 0.573 e. The zero-order chi connectivity index (χ0) is 30.8. The lowest BCUT2D eigenvalue weighted by Gasteiger charge is -2.43. The van der Waals surface area contributed by atoms with Crippen molar-refractivity contribution in [1.29, 1.82) is 0 Å². The average Bonchev–Trinajstić information content (AvgIpc) is 3.07. The highest BCUT2D eigenvalue weighted by Crippen LogP contribution is 2.46. The fraction of sp³-hybridized carbons (Fsp3) is 0.464. The Bertz CT molecular complexity index is 1610. The van der Waals surface area contributed by atoms with E-state index in [2.05, 4.69) is 15.0 Å². The minimum absolute atomic E-state index is 0.00858. The number of pyridine rings is 2. The van der Waals surface area contributed by atoms with Gasteiger partial charge in [0.1, 0.15) is 23.7 Å². The summed E-state index contributed by atoms with van der Waals surface area (Å²) >= 11 is 0. The van der Waals surface area contributed by atoms with Crippen LogP contribution in [0.4, 0.5) is 33.5 Å². The van der Waals surface area contributed by atoms with E-state index in [1.54, 1.807) is 25.7 Å². The van der Waals surface area contributed by atoms with Crippen molar-refractivity contribution < 1.29 is 41.0 Å². The van der Waals surface area contributed by atoms with Crippen LogP contribution in [0.5, 0.6) is 11.6 Å². The van der Waals surface area contributed by atoms with Crippen LogP contribution in [0.15, 0.2) is 12.1 Å². The van der Waals surface area contributed by atoms with Crippen molar-refractivity contribution in [2.24, 2.45) is 0 Å². The molecule has 0 spiro atoms. The lowest BCUT2D eigenvalue weighted by molar-refractivity contribution is -0.275. The first-order valence-corrected chi connectivity index (χ1v) is 13.7. The zero-order valence-corrected chi connectivity index (χ0v) is 23.5. The Kier molecular flexibility index (Phi) is 7.19. The third-order valence-electron chi connectivity index (χ3n) is 8.14. The second kappa shape index (κ2) is 10.6. The highest BCUT2D eigenvalue weighted by molar-refractivity contribution is 6.02. The molecule has 1 aromatic carbocycles. The highest BCUT2D eigenvalue weighted by Gasteiger charge is 2.42. The number of hydrogen-bond acceptors (Lipinski definition) is 9. The number of alkyl halides is 3. The summed E-state index contributed by atoms with van der Waals surface area (Å²) in [5, 5.41) is 3.48. The number of aryl methyl sites for hydroxylation is 2. The molecule has 3 N–H and O–H groups in total. The van der Waals surface area contributed by atoms with Gasteiger partial charge < -0.3 is 35.1 Å². The summed E-state index contributed by atoms with van der Waals surface area (Å²) in [6.45, 7) is 7.41. The van der Waals surface area contributed by atoms with Crippen molar-refractivity contribution in [2.45, 2.75) is 45.3 Å². The van der Waals surface area contributed by atoms with Gasteiger partial charge in [-0.1, -0.05) is 0 Å². The predicted molar refractivity (Wildman–Crippen MR) is 146 cm³/mol. The number of carbonyl (C=O) groups excluding carboxylic acids is 1. The quantitative estimate of drug-likeness (QED) is 0.341. The van der Waals surface area contributed by atoms with E-state index in [1.807, 2.05) is 4.90 Å². The van der Waals surface area contributed by atoms with Crippen molar-refractivity contribution in [3.8, 4) is 22.9 Å². The first-order valence-electron chi connectivity index (χ1n) is 13.7. The molecule has 3 atom stereocenters. The number of carbonyl (C=O) groups is 1. The standard InChI is InChI=1S/C28H29F5N6O4/c1-12-13(2)36-25-21-20(12)22(30)23(16-8-15(34)9-17(29)24(16)43-28(31,32)33)37-26(21)42-14(3)19-10-35-18(11-39(19)25)27(40)38-4-6-41-7-5-38/h8-9,14,18-19,35H,4-7,10-11,34H2,1-3H3. The maximum absolute atomic E-state index is 16.5. The summed E-state index contributed by atoms with van der Waals surface area (Å²) in [7, 11) is 0. The van der Waals surface area contributed by atoms with E-state index in [1.165, 1.54) is 0 Å². The van der Waals surface area contributed by atoms with E-state index in [4.69, 9.17) is 20.2 Å². The van der Waals surface area contributed by atoms with Crippen molar-refractivity contribution in [1.82, 2.24) is 20.2 Å². The number of nitrogens with one attached hydrogen (secondary N) is 1. The first-order chi connectivity index (χ1) is 20.3. The number of benzene rings is 1. The second-order valence-electron chi connectivity index (χ2n) is 10.8. The lowest BCUT2D eigenvalue weighted by Crippen LogP contribution is -2.65. The summed E-state index contributed by atoms with van der Waals surface area (Å²) in [4.78, 5) is 26.1. The number of fused-ring (bicyclic) bond motifs is 2. The van der Waals surface area contributed by atoms with E-state index in [9.17, 15) is 22.4 Å². The summed E-state index contributed by atoms with van der Waals surface area (Å²) in [6.07, 6.45) is -5.86. The summed E-state index contributed by atoms with van der Waals surface area (Å²) in [5.74, 6) is -3.60. The predicted octanol–water partition coefficient (Wildman–Crippen LogP) is 3.46. The Labute approximate surface area is 242 Å². The third-order valence-corrected chi connectivity index (χ3v) is 8.14. The van der Waals surface area contributed by atoms with E-state index in [0.29, 0.717) is 56.0 Å². The number of anilines is 2. The van der Waals surface area contributed by atoms with Crippen LogP contribution < -0.4 is 25.4 Å². The molecule has 3 aromatic rings. The van der Waals surface area contributed by atoms with Gasteiger partial charge in [0.05, 0.1) is 30.2 Å². The molecule has 1 amide bonds. The molecule has 0 saturated carbocycles. The molecule has 3 aliphatic heterocycles. The van der Waals surface area contributed by atoms with E-state index in [-0.39, 0.29) is 40.8 Å². The fourth-order valence-electron chi connectivity index (χ4n) is 5.92. The SMILES string of the molecule is Cc1nc2c3c(nc(-c4cc(N)cc(F)c4OC(F)(F)F)c(F)c3c1C)OC(C)C1CNC(C(=O)N3CCOCC3)CN21. The van der Waals surface area contributed by atoms with Gasteiger partial charge in [0, 0.05) is 49.0 Å². The molecule has 0 radical (unpaired) electrons. The van der Waals surface area contributed by atoms with E-state index >= 15 is 4.39 Å². The van der Waals surface area contributed by atoms with E-state index < -0.39 is 47.1 Å². The molecule has 2 saturated heterocycles. The number of rotatable bonds is 3. The number of aromatic nitrogens is 2. The number of nitrogens with zero attached hydrogens (tertiary/aromatic N) is 4. The largest absolute Gasteiger partial charge is 0.573 e. The number of piperazine rings is 1. The van der Waals surface area contributed by atoms with Gasteiger partial charge in [-0.2, -0.15) is 0 Å². The molecule has 6 rings (SSSR count). The van der Waals surface area contributed by atoms with Crippen LogP contribution in [0, 0.1) is 25.5 Å². The van der Waals surface area contributed by atoms with Crippen LogP contribution in [0.1, 0.15) is 18.2 Å². The lowest BCUT2D eigenvalue weighted by atomic mass is 9.99. The fourth-order valence-corrected chi connectivity index (χ4v) is 5.92. The van der Waals surface area contributed by atoms with Gasteiger partial charge >= 0.3 is 6.36 Å². The summed E-state index contributed by atoms with van der Waals surface area (Å²) in [5.41, 5.74) is 5.06. The van der Waals surface area contributed by atoms with Crippen LogP contribution in [-0.4, -0.2) is 84.7 Å². The van der Waals surface area contributed by atoms with Crippen LogP contribution in [-0.2, 0) is 9.53 Å². The molecule has 0 bridgehead atoms. The minimum atomic E-state index is -5.27. The molecule has 0 aliphatic carbocycles. The number of amides is 1. The molecule has 2 fully saturated rings. The second-order valence-corrected chi connectivity index (χ2v) is 10.8. The monoisotopic (exact) mass is 608 g/mol. The Morgan fingerprint density at radius 3 is 2.56 bits per heavy atom. The summed E-state index contributed by atoms with van der Waals surface area (Å²) in [6, 6.07) is 0.666.